The number of ether oxygens (including phenoxy) is 2. The summed E-state index contributed by atoms with van der Waals surface area (Å²) in [4.78, 5) is 34.5. The second-order valence-corrected chi connectivity index (χ2v) is 6.51. The molecule has 0 radical (unpaired) electrons. The van der Waals surface area contributed by atoms with Crippen LogP contribution in [0.4, 0.5) is 0 Å². The molecule has 0 bridgehead atoms. The number of H-pyrrole nitrogens is 1. The van der Waals surface area contributed by atoms with E-state index in [0.29, 0.717) is 24.5 Å². The quantitative estimate of drug-likeness (QED) is 0.892. The number of nitrogens with zero attached hydrogens (tertiary/aromatic N) is 2. The smallest absolute Gasteiger partial charge is 0.293 e. The van der Waals surface area contributed by atoms with E-state index in [1.165, 1.54) is 24.6 Å². The Morgan fingerprint density at radius 2 is 2.33 bits per heavy atom. The molecule has 2 aromatic rings. The van der Waals surface area contributed by atoms with Crippen LogP contribution in [-0.4, -0.2) is 41.5 Å². The molecule has 1 N–H and O–H groups in total. The van der Waals surface area contributed by atoms with Gasteiger partial charge in [0.05, 0.1) is 31.5 Å². The van der Waals surface area contributed by atoms with E-state index in [0.717, 1.165) is 17.7 Å². The Morgan fingerprint density at radius 3 is 3.04 bits per heavy atom. The summed E-state index contributed by atoms with van der Waals surface area (Å²) in [5.74, 6) is 0.606. The monoisotopic (exact) mass is 349 g/mol. The molecule has 24 heavy (non-hydrogen) atoms. The normalized spacial score (nSPS) is 17.2. The lowest BCUT2D eigenvalue weighted by atomic mass is 10.1. The van der Waals surface area contributed by atoms with Crippen molar-refractivity contribution in [3.8, 4) is 5.75 Å². The second-order valence-electron chi connectivity index (χ2n) is 5.51. The van der Waals surface area contributed by atoms with Gasteiger partial charge in [-0.25, -0.2) is 4.98 Å². The van der Waals surface area contributed by atoms with Gasteiger partial charge < -0.3 is 19.4 Å². The van der Waals surface area contributed by atoms with Gasteiger partial charge in [-0.05, 0) is 24.3 Å². The zero-order valence-corrected chi connectivity index (χ0v) is 14.4. The molecule has 1 saturated heterocycles. The average molecular weight is 349 g/mol. The van der Waals surface area contributed by atoms with Crippen LogP contribution in [0.1, 0.15) is 39.9 Å². The van der Waals surface area contributed by atoms with Crippen molar-refractivity contribution in [1.82, 2.24) is 14.9 Å². The Morgan fingerprint density at radius 1 is 1.50 bits per heavy atom. The van der Waals surface area contributed by atoms with Gasteiger partial charge in [0.25, 0.3) is 11.5 Å². The summed E-state index contributed by atoms with van der Waals surface area (Å²) >= 11 is 1.50. The molecule has 0 saturated carbocycles. The van der Waals surface area contributed by atoms with Gasteiger partial charge in [0.2, 0.25) is 5.75 Å². The van der Waals surface area contributed by atoms with Crippen LogP contribution in [0, 0.1) is 0 Å². The first-order chi connectivity index (χ1) is 11.7. The maximum atomic E-state index is 12.9. The fraction of sp³-hybridized carbons (Fsp3) is 0.438. The molecule has 1 atom stereocenters. The topological polar surface area (TPSA) is 84.5 Å². The van der Waals surface area contributed by atoms with Crippen molar-refractivity contribution < 1.29 is 14.3 Å². The van der Waals surface area contributed by atoms with Gasteiger partial charge in [-0.2, -0.15) is 0 Å². The SMILES string of the molecule is COCc1sccc1C(=O)N1CCCC1c1ncc(OC)c(=O)[nH]1. The van der Waals surface area contributed by atoms with Crippen LogP contribution < -0.4 is 10.3 Å². The Kier molecular flexibility index (Phi) is 4.96. The van der Waals surface area contributed by atoms with Crippen LogP contribution in [0.25, 0.3) is 0 Å². The van der Waals surface area contributed by atoms with E-state index in [1.54, 1.807) is 12.0 Å². The lowest BCUT2D eigenvalue weighted by Gasteiger charge is -2.24. The minimum Gasteiger partial charge on any atom is -0.490 e. The third-order valence-electron chi connectivity index (χ3n) is 4.09. The molecule has 1 amide bonds. The van der Waals surface area contributed by atoms with E-state index < -0.39 is 0 Å². The van der Waals surface area contributed by atoms with E-state index in [2.05, 4.69) is 9.97 Å². The number of carbonyl (C=O) groups is 1. The molecule has 7 nitrogen and oxygen atoms in total. The molecule has 3 heterocycles. The highest BCUT2D eigenvalue weighted by molar-refractivity contribution is 7.10. The summed E-state index contributed by atoms with van der Waals surface area (Å²) in [6.45, 7) is 1.05. The number of methoxy groups -OCH3 is 2. The number of likely N-dealkylation sites (tertiary alicyclic amines) is 1. The molecule has 128 valence electrons. The predicted octanol–water partition coefficient (Wildman–Crippen LogP) is 1.96. The lowest BCUT2D eigenvalue weighted by Crippen LogP contribution is -2.32. The first kappa shape index (κ1) is 16.7. The van der Waals surface area contributed by atoms with Gasteiger partial charge in [-0.15, -0.1) is 11.3 Å². The average Bonchev–Trinajstić information content (AvgIpc) is 3.23. The molecule has 1 aliphatic rings. The Bertz CT molecular complexity index is 786. The van der Waals surface area contributed by atoms with Crippen molar-refractivity contribution in [3.63, 3.8) is 0 Å². The van der Waals surface area contributed by atoms with Crippen molar-refractivity contribution in [2.75, 3.05) is 20.8 Å². The minimum absolute atomic E-state index is 0.0516. The minimum atomic E-state index is -0.336. The molecule has 2 aromatic heterocycles. The van der Waals surface area contributed by atoms with Crippen molar-refractivity contribution in [2.24, 2.45) is 0 Å². The number of thiophene rings is 1. The molecule has 0 aliphatic carbocycles. The molecule has 3 rings (SSSR count). The number of aromatic amines is 1. The van der Waals surface area contributed by atoms with Crippen molar-refractivity contribution in [1.29, 1.82) is 0 Å². The fourth-order valence-electron chi connectivity index (χ4n) is 2.93. The number of rotatable bonds is 5. The van der Waals surface area contributed by atoms with Crippen LogP contribution >= 0.6 is 11.3 Å². The van der Waals surface area contributed by atoms with Crippen LogP contribution in [0.2, 0.25) is 0 Å². The van der Waals surface area contributed by atoms with Gasteiger partial charge in [-0.1, -0.05) is 0 Å². The van der Waals surface area contributed by atoms with Gasteiger partial charge in [-0.3, -0.25) is 9.59 Å². The summed E-state index contributed by atoms with van der Waals surface area (Å²) in [5.41, 5.74) is 0.321. The number of hydrogen-bond donors (Lipinski definition) is 1. The first-order valence-corrected chi connectivity index (χ1v) is 8.53. The van der Waals surface area contributed by atoms with Crippen molar-refractivity contribution in [3.05, 3.63) is 44.3 Å². The zero-order valence-electron chi connectivity index (χ0n) is 13.6. The maximum Gasteiger partial charge on any atom is 0.293 e. The molecule has 0 aromatic carbocycles. The summed E-state index contributed by atoms with van der Waals surface area (Å²) < 4.78 is 10.1. The van der Waals surface area contributed by atoms with Crippen LogP contribution in [-0.2, 0) is 11.3 Å². The third-order valence-corrected chi connectivity index (χ3v) is 4.98. The summed E-state index contributed by atoms with van der Waals surface area (Å²) in [7, 11) is 3.03. The molecule has 1 fully saturated rings. The van der Waals surface area contributed by atoms with E-state index >= 15 is 0 Å². The Hall–Kier alpha value is -2.19. The second kappa shape index (κ2) is 7.14. The molecular weight excluding hydrogens is 330 g/mol. The maximum absolute atomic E-state index is 12.9. The fourth-order valence-corrected chi connectivity index (χ4v) is 3.77. The third kappa shape index (κ3) is 3.07. The largest absolute Gasteiger partial charge is 0.490 e. The molecule has 1 aliphatic heterocycles. The Balaban J connectivity index is 1.87. The highest BCUT2D eigenvalue weighted by Gasteiger charge is 2.33. The number of carbonyl (C=O) groups excluding carboxylic acids is 1. The van der Waals surface area contributed by atoms with E-state index in [1.807, 2.05) is 11.4 Å². The standard InChI is InChI=1S/C16H19N3O4S/c1-22-9-13-10(5-7-24-13)16(21)19-6-3-4-11(19)14-17-8-12(23-2)15(20)18-14/h5,7-8,11H,3-4,6,9H2,1-2H3,(H,17,18,20). The number of amides is 1. The van der Waals surface area contributed by atoms with Crippen LogP contribution in [0.15, 0.2) is 22.4 Å². The Labute approximate surface area is 143 Å². The van der Waals surface area contributed by atoms with Gasteiger partial charge in [0.1, 0.15) is 5.82 Å². The van der Waals surface area contributed by atoms with Gasteiger partial charge >= 0.3 is 0 Å². The summed E-state index contributed by atoms with van der Waals surface area (Å²) in [6, 6.07) is 1.59. The van der Waals surface area contributed by atoms with Crippen molar-refractivity contribution in [2.45, 2.75) is 25.5 Å². The first-order valence-electron chi connectivity index (χ1n) is 7.65. The number of nitrogens with one attached hydrogen (secondary N) is 1. The highest BCUT2D eigenvalue weighted by atomic mass is 32.1. The van der Waals surface area contributed by atoms with E-state index in [9.17, 15) is 9.59 Å². The van der Waals surface area contributed by atoms with Gasteiger partial charge in [0.15, 0.2) is 0 Å². The summed E-state index contributed by atoms with van der Waals surface area (Å²) in [5, 5.41) is 1.89. The molecule has 1 unspecified atom stereocenters. The lowest BCUT2D eigenvalue weighted by molar-refractivity contribution is 0.0726. The van der Waals surface area contributed by atoms with E-state index in [4.69, 9.17) is 9.47 Å². The van der Waals surface area contributed by atoms with Crippen LogP contribution in [0.3, 0.4) is 0 Å². The molecular formula is C16H19N3O4S. The number of aromatic nitrogens is 2. The molecule has 0 spiro atoms. The van der Waals surface area contributed by atoms with E-state index in [-0.39, 0.29) is 23.3 Å². The van der Waals surface area contributed by atoms with Gasteiger partial charge in [0, 0.05) is 18.5 Å². The predicted molar refractivity (Wildman–Crippen MR) is 89.5 cm³/mol. The van der Waals surface area contributed by atoms with Crippen LogP contribution in [0.5, 0.6) is 5.75 Å². The zero-order chi connectivity index (χ0) is 17.1. The molecule has 8 heteroatoms. The highest BCUT2D eigenvalue weighted by Crippen LogP contribution is 2.32. The number of hydrogen-bond acceptors (Lipinski definition) is 6. The summed E-state index contributed by atoms with van der Waals surface area (Å²) in [6.07, 6.45) is 3.04. The van der Waals surface area contributed by atoms with Crippen molar-refractivity contribution >= 4 is 17.2 Å².